The van der Waals surface area contributed by atoms with Crippen LogP contribution in [0.25, 0.3) is 5.69 Å². The number of hydrogen-bond acceptors (Lipinski definition) is 3. The molecule has 0 saturated heterocycles. The van der Waals surface area contributed by atoms with Gasteiger partial charge in [0.05, 0.1) is 10.2 Å². The van der Waals surface area contributed by atoms with Crippen LogP contribution >= 0.6 is 15.9 Å². The molecular weight excluding hydrogens is 335 g/mol. The van der Waals surface area contributed by atoms with Gasteiger partial charge in [0, 0.05) is 12.2 Å². The summed E-state index contributed by atoms with van der Waals surface area (Å²) >= 11 is 3.19. The maximum atomic E-state index is 13.2. The summed E-state index contributed by atoms with van der Waals surface area (Å²) in [6.45, 7) is 0.616. The van der Waals surface area contributed by atoms with Gasteiger partial charge < -0.3 is 5.32 Å². The SMILES string of the molecule is Fc1ccc(CNc2cccc(-n3cnnc3)c2)cc1Br. The Balaban J connectivity index is 1.73. The molecule has 0 radical (unpaired) electrons. The molecule has 1 aromatic heterocycles. The van der Waals surface area contributed by atoms with Crippen LogP contribution < -0.4 is 5.32 Å². The van der Waals surface area contributed by atoms with Gasteiger partial charge in [-0.3, -0.25) is 4.57 Å². The zero-order valence-electron chi connectivity index (χ0n) is 11.0. The normalized spacial score (nSPS) is 10.6. The van der Waals surface area contributed by atoms with Crippen LogP contribution in [-0.2, 0) is 6.54 Å². The molecule has 0 saturated carbocycles. The van der Waals surface area contributed by atoms with Crippen LogP contribution in [0.3, 0.4) is 0 Å². The van der Waals surface area contributed by atoms with E-state index >= 15 is 0 Å². The Morgan fingerprint density at radius 3 is 2.67 bits per heavy atom. The van der Waals surface area contributed by atoms with Crippen molar-refractivity contribution in [2.75, 3.05) is 5.32 Å². The quantitative estimate of drug-likeness (QED) is 0.781. The molecule has 2 aromatic carbocycles. The highest BCUT2D eigenvalue weighted by Gasteiger charge is 2.02. The van der Waals surface area contributed by atoms with Gasteiger partial charge in [-0.2, -0.15) is 0 Å². The third kappa shape index (κ3) is 3.28. The zero-order chi connectivity index (χ0) is 14.7. The largest absolute Gasteiger partial charge is 0.381 e. The minimum absolute atomic E-state index is 0.256. The molecule has 6 heteroatoms. The lowest BCUT2D eigenvalue weighted by molar-refractivity contribution is 0.620. The fourth-order valence-corrected chi connectivity index (χ4v) is 2.39. The van der Waals surface area contributed by atoms with Gasteiger partial charge in [-0.25, -0.2) is 4.39 Å². The lowest BCUT2D eigenvalue weighted by Crippen LogP contribution is -2.00. The van der Waals surface area contributed by atoms with Crippen molar-refractivity contribution in [3.63, 3.8) is 0 Å². The van der Waals surface area contributed by atoms with Gasteiger partial charge in [0.25, 0.3) is 0 Å². The van der Waals surface area contributed by atoms with E-state index in [1.54, 1.807) is 24.8 Å². The minimum atomic E-state index is -0.256. The first kappa shape index (κ1) is 13.8. The number of hydrogen-bond donors (Lipinski definition) is 1. The summed E-state index contributed by atoms with van der Waals surface area (Å²) < 4.78 is 15.5. The van der Waals surface area contributed by atoms with Crippen LogP contribution in [0.2, 0.25) is 0 Å². The third-order valence-corrected chi connectivity index (χ3v) is 3.65. The molecule has 1 N–H and O–H groups in total. The summed E-state index contributed by atoms with van der Waals surface area (Å²) in [7, 11) is 0. The van der Waals surface area contributed by atoms with Gasteiger partial charge >= 0.3 is 0 Å². The predicted octanol–water partition coefficient (Wildman–Crippen LogP) is 3.78. The van der Waals surface area contributed by atoms with E-state index in [1.165, 1.54) is 6.07 Å². The summed E-state index contributed by atoms with van der Waals surface area (Å²) in [6, 6.07) is 12.9. The molecule has 4 nitrogen and oxygen atoms in total. The second-order valence-electron chi connectivity index (χ2n) is 4.52. The van der Waals surface area contributed by atoms with E-state index in [-0.39, 0.29) is 5.82 Å². The molecule has 3 rings (SSSR count). The van der Waals surface area contributed by atoms with Crippen molar-refractivity contribution < 1.29 is 4.39 Å². The molecule has 0 unspecified atom stereocenters. The van der Waals surface area contributed by atoms with Crippen LogP contribution in [0.5, 0.6) is 0 Å². The highest BCUT2D eigenvalue weighted by molar-refractivity contribution is 9.10. The summed E-state index contributed by atoms with van der Waals surface area (Å²) in [6.07, 6.45) is 3.30. The molecule has 0 fully saturated rings. The highest BCUT2D eigenvalue weighted by atomic mass is 79.9. The first-order chi connectivity index (χ1) is 10.2. The summed E-state index contributed by atoms with van der Waals surface area (Å²) in [5.74, 6) is -0.256. The van der Waals surface area contributed by atoms with Crippen molar-refractivity contribution in [1.82, 2.24) is 14.8 Å². The maximum Gasteiger partial charge on any atom is 0.137 e. The lowest BCUT2D eigenvalue weighted by atomic mass is 10.2. The maximum absolute atomic E-state index is 13.2. The first-order valence-electron chi connectivity index (χ1n) is 6.35. The smallest absolute Gasteiger partial charge is 0.137 e. The fraction of sp³-hybridized carbons (Fsp3) is 0.0667. The second-order valence-corrected chi connectivity index (χ2v) is 5.38. The highest BCUT2D eigenvalue weighted by Crippen LogP contribution is 2.19. The van der Waals surface area contributed by atoms with E-state index in [0.29, 0.717) is 11.0 Å². The minimum Gasteiger partial charge on any atom is -0.381 e. The molecule has 0 atom stereocenters. The molecular formula is C15H12BrFN4. The Kier molecular flexibility index (Phi) is 3.96. The van der Waals surface area contributed by atoms with Crippen molar-refractivity contribution in [3.05, 3.63) is 71.0 Å². The second kappa shape index (κ2) is 6.05. The van der Waals surface area contributed by atoms with Gasteiger partial charge in [0.15, 0.2) is 0 Å². The van der Waals surface area contributed by atoms with E-state index in [0.717, 1.165) is 16.9 Å². The van der Waals surface area contributed by atoms with Gasteiger partial charge in [-0.05, 0) is 51.8 Å². The summed E-state index contributed by atoms with van der Waals surface area (Å²) in [4.78, 5) is 0. The number of anilines is 1. The first-order valence-corrected chi connectivity index (χ1v) is 7.14. The van der Waals surface area contributed by atoms with Crippen LogP contribution in [0.15, 0.2) is 59.6 Å². The molecule has 3 aromatic rings. The molecule has 0 aliphatic carbocycles. The topological polar surface area (TPSA) is 42.7 Å². The average molecular weight is 347 g/mol. The number of halogens is 2. The van der Waals surface area contributed by atoms with Crippen LogP contribution in [0.4, 0.5) is 10.1 Å². The lowest BCUT2D eigenvalue weighted by Gasteiger charge is -2.09. The van der Waals surface area contributed by atoms with E-state index in [2.05, 4.69) is 31.4 Å². The fourth-order valence-electron chi connectivity index (χ4n) is 1.96. The number of aromatic nitrogens is 3. The standard InChI is InChI=1S/C15H12BrFN4/c16-14-6-11(4-5-15(14)17)8-18-12-2-1-3-13(7-12)21-9-19-20-10-21/h1-7,9-10,18H,8H2. The Labute approximate surface area is 129 Å². The average Bonchev–Trinajstić information content (AvgIpc) is 3.03. The Hall–Kier alpha value is -2.21. The van der Waals surface area contributed by atoms with Crippen LogP contribution in [0.1, 0.15) is 5.56 Å². The van der Waals surface area contributed by atoms with Crippen molar-refractivity contribution >= 4 is 21.6 Å². The van der Waals surface area contributed by atoms with E-state index in [4.69, 9.17) is 0 Å². The Bertz CT molecular complexity index is 743. The van der Waals surface area contributed by atoms with Crippen LogP contribution in [0, 0.1) is 5.82 Å². The van der Waals surface area contributed by atoms with E-state index in [9.17, 15) is 4.39 Å². The summed E-state index contributed by atoms with van der Waals surface area (Å²) in [5, 5.41) is 10.9. The van der Waals surface area contributed by atoms with Crippen molar-refractivity contribution in [2.24, 2.45) is 0 Å². The monoisotopic (exact) mass is 346 g/mol. The van der Waals surface area contributed by atoms with Crippen molar-refractivity contribution in [1.29, 1.82) is 0 Å². The number of nitrogens with zero attached hydrogens (tertiary/aromatic N) is 3. The number of rotatable bonds is 4. The van der Waals surface area contributed by atoms with Gasteiger partial charge in [0.2, 0.25) is 0 Å². The van der Waals surface area contributed by atoms with Gasteiger partial charge in [-0.15, -0.1) is 10.2 Å². The Morgan fingerprint density at radius 2 is 1.90 bits per heavy atom. The third-order valence-electron chi connectivity index (χ3n) is 3.04. The molecule has 0 spiro atoms. The number of benzene rings is 2. The molecule has 1 heterocycles. The molecule has 0 bridgehead atoms. The van der Waals surface area contributed by atoms with E-state index < -0.39 is 0 Å². The molecule has 0 amide bonds. The van der Waals surface area contributed by atoms with Crippen molar-refractivity contribution in [2.45, 2.75) is 6.54 Å². The molecule has 0 aliphatic heterocycles. The Morgan fingerprint density at radius 1 is 1.10 bits per heavy atom. The predicted molar refractivity (Wildman–Crippen MR) is 82.8 cm³/mol. The van der Waals surface area contributed by atoms with Gasteiger partial charge in [-0.1, -0.05) is 12.1 Å². The zero-order valence-corrected chi connectivity index (χ0v) is 12.6. The summed E-state index contributed by atoms with van der Waals surface area (Å²) in [5.41, 5.74) is 2.95. The van der Waals surface area contributed by atoms with Crippen LogP contribution in [-0.4, -0.2) is 14.8 Å². The molecule has 106 valence electrons. The van der Waals surface area contributed by atoms with E-state index in [1.807, 2.05) is 28.8 Å². The molecule has 0 aliphatic rings. The van der Waals surface area contributed by atoms with Gasteiger partial charge in [0.1, 0.15) is 18.5 Å². The number of nitrogens with one attached hydrogen (secondary N) is 1. The molecule has 21 heavy (non-hydrogen) atoms. The van der Waals surface area contributed by atoms with Crippen molar-refractivity contribution in [3.8, 4) is 5.69 Å².